The molecule has 2 spiro atoms. The Bertz CT molecular complexity index is 1150. The second-order valence-electron chi connectivity index (χ2n) is 16.7. The van der Waals surface area contributed by atoms with Gasteiger partial charge in [0.1, 0.15) is 12.1 Å². The molecule has 45 heavy (non-hydrogen) atoms. The first kappa shape index (κ1) is 34.1. The minimum absolute atomic E-state index is 0.0257. The van der Waals surface area contributed by atoms with Crippen molar-refractivity contribution >= 4 is 23.6 Å². The summed E-state index contributed by atoms with van der Waals surface area (Å²) in [6.07, 6.45) is 10.5. The van der Waals surface area contributed by atoms with Gasteiger partial charge in [0.15, 0.2) is 6.10 Å². The number of carbonyl (C=O) groups is 4. The van der Waals surface area contributed by atoms with Crippen molar-refractivity contribution in [3.05, 3.63) is 0 Å². The lowest BCUT2D eigenvalue weighted by Gasteiger charge is -2.37. The predicted molar refractivity (Wildman–Crippen MR) is 173 cm³/mol. The number of hydrogen-bond acceptors (Lipinski definition) is 6. The van der Waals surface area contributed by atoms with Crippen molar-refractivity contribution in [3.8, 4) is 0 Å². The summed E-state index contributed by atoms with van der Waals surface area (Å²) in [6.45, 7) is 12.8. The fourth-order valence-corrected chi connectivity index (χ4v) is 9.42. The van der Waals surface area contributed by atoms with Crippen LogP contribution >= 0.6 is 0 Å². The summed E-state index contributed by atoms with van der Waals surface area (Å²) in [6, 6.07) is -2.95. The fraction of sp³-hybridized carbons (Fsp3) is 0.886. The van der Waals surface area contributed by atoms with Gasteiger partial charge in [0.05, 0.1) is 12.1 Å². The molecule has 0 aromatic heterocycles. The van der Waals surface area contributed by atoms with E-state index in [4.69, 9.17) is 5.73 Å². The van der Waals surface area contributed by atoms with Crippen molar-refractivity contribution in [2.45, 2.75) is 161 Å². The van der Waals surface area contributed by atoms with Gasteiger partial charge in [-0.15, -0.1) is 0 Å². The van der Waals surface area contributed by atoms with Gasteiger partial charge in [-0.1, -0.05) is 73.6 Å². The number of aliphatic hydroxyl groups excluding tert-OH is 1. The molecule has 5 rings (SSSR count). The van der Waals surface area contributed by atoms with Crippen molar-refractivity contribution in [1.82, 2.24) is 20.9 Å². The summed E-state index contributed by atoms with van der Waals surface area (Å²) in [5.74, 6) is -1.27. The zero-order chi connectivity index (χ0) is 32.9. The van der Waals surface area contributed by atoms with E-state index in [1.54, 1.807) is 4.90 Å². The topological polar surface area (TPSA) is 154 Å². The molecule has 4 aliphatic carbocycles. The van der Waals surface area contributed by atoms with Crippen molar-refractivity contribution in [3.63, 3.8) is 0 Å². The Morgan fingerprint density at radius 2 is 1.58 bits per heavy atom. The molecular weight excluding hydrogens is 570 g/mol. The van der Waals surface area contributed by atoms with E-state index in [-0.39, 0.29) is 45.9 Å². The standard InChI is InChI=1S/C35H59N5O5/c1-7-12-23(26(41)30(44)37-22-15-16-22)38-28(42)24-19-35(33(5,6)34(35)17-11-18-34)20-40(24)31(45)27(32(2,3)4)39-29(43)25(36)21-13-9-8-10-14-21/h21-27,41H,7-20,36H2,1-6H3,(H,37,44)(H,38,42)(H,39,43)/t23?,24-,25-,26?,27+,35?/m0/s1. The van der Waals surface area contributed by atoms with Gasteiger partial charge in [-0.25, -0.2) is 0 Å². The maximum atomic E-state index is 14.6. The summed E-state index contributed by atoms with van der Waals surface area (Å²) in [5.41, 5.74) is 5.74. The molecule has 5 fully saturated rings. The average Bonchev–Trinajstić information content (AvgIpc) is 3.79. The lowest BCUT2D eigenvalue weighted by molar-refractivity contribution is -0.145. The van der Waals surface area contributed by atoms with E-state index in [0.717, 1.165) is 64.2 Å². The molecular formula is C35H59N5O5. The van der Waals surface area contributed by atoms with Gasteiger partial charge in [-0.05, 0) is 73.5 Å². The van der Waals surface area contributed by atoms with Crippen LogP contribution in [0.2, 0.25) is 0 Å². The maximum absolute atomic E-state index is 14.6. The second-order valence-corrected chi connectivity index (χ2v) is 16.7. The van der Waals surface area contributed by atoms with Crippen molar-refractivity contribution in [2.24, 2.45) is 33.3 Å². The minimum Gasteiger partial charge on any atom is -0.381 e. The van der Waals surface area contributed by atoms with Gasteiger partial charge in [0.2, 0.25) is 17.7 Å². The molecule has 6 N–H and O–H groups in total. The number of likely N-dealkylation sites (tertiary alicyclic amines) is 1. The molecule has 1 heterocycles. The Morgan fingerprint density at radius 3 is 2.09 bits per heavy atom. The maximum Gasteiger partial charge on any atom is 0.251 e. The van der Waals surface area contributed by atoms with Crippen LogP contribution in [0.1, 0.15) is 125 Å². The van der Waals surface area contributed by atoms with Gasteiger partial charge in [0.25, 0.3) is 5.91 Å². The van der Waals surface area contributed by atoms with Gasteiger partial charge < -0.3 is 31.7 Å². The molecule has 1 aliphatic heterocycles. The number of fused-ring (bicyclic) bond motifs is 1. The van der Waals surface area contributed by atoms with Crippen LogP contribution in [0.25, 0.3) is 0 Å². The number of carbonyl (C=O) groups excluding carboxylic acids is 4. The molecule has 5 aliphatic rings. The van der Waals surface area contributed by atoms with Gasteiger partial charge >= 0.3 is 0 Å². The quantitative estimate of drug-likeness (QED) is 0.237. The number of nitrogens with two attached hydrogens (primary N) is 1. The Kier molecular flexibility index (Phi) is 9.44. The first-order valence-electron chi connectivity index (χ1n) is 17.8. The normalized spacial score (nSPS) is 29.8. The highest BCUT2D eigenvalue weighted by atomic mass is 16.3. The van der Waals surface area contributed by atoms with E-state index >= 15 is 0 Å². The molecule has 10 nitrogen and oxygen atoms in total. The van der Waals surface area contributed by atoms with Crippen LogP contribution in [0, 0.1) is 27.6 Å². The molecule has 0 radical (unpaired) electrons. The highest BCUT2D eigenvalue weighted by Crippen LogP contribution is 2.88. The van der Waals surface area contributed by atoms with Crippen LogP contribution < -0.4 is 21.7 Å². The molecule has 0 aromatic carbocycles. The van der Waals surface area contributed by atoms with Crippen molar-refractivity contribution in [2.75, 3.05) is 6.54 Å². The van der Waals surface area contributed by atoms with Crippen LogP contribution in [0.5, 0.6) is 0 Å². The Hall–Kier alpha value is -2.20. The molecule has 0 aromatic rings. The zero-order valence-electron chi connectivity index (χ0n) is 28.5. The van der Waals surface area contributed by atoms with E-state index in [9.17, 15) is 24.3 Å². The molecule has 0 bridgehead atoms. The van der Waals surface area contributed by atoms with E-state index in [0.29, 0.717) is 25.8 Å². The first-order chi connectivity index (χ1) is 21.1. The van der Waals surface area contributed by atoms with Crippen LogP contribution in [-0.4, -0.2) is 76.5 Å². The molecule has 4 amide bonds. The van der Waals surface area contributed by atoms with E-state index in [1.807, 2.05) is 27.7 Å². The molecule has 10 heteroatoms. The molecule has 3 unspecified atom stereocenters. The van der Waals surface area contributed by atoms with Gasteiger partial charge in [-0.3, -0.25) is 19.2 Å². The summed E-state index contributed by atoms with van der Waals surface area (Å²) in [5, 5.41) is 19.9. The molecule has 1 saturated heterocycles. The van der Waals surface area contributed by atoms with Crippen molar-refractivity contribution in [1.29, 1.82) is 0 Å². The number of hydrogen-bond donors (Lipinski definition) is 5. The molecule has 254 valence electrons. The second kappa shape index (κ2) is 12.4. The highest BCUT2D eigenvalue weighted by Gasteiger charge is 2.85. The fourth-order valence-electron chi connectivity index (χ4n) is 9.42. The molecule has 4 saturated carbocycles. The minimum atomic E-state index is -1.37. The third-order valence-electron chi connectivity index (χ3n) is 12.8. The van der Waals surface area contributed by atoms with Gasteiger partial charge in [0, 0.05) is 18.0 Å². The average molecular weight is 630 g/mol. The summed E-state index contributed by atoms with van der Waals surface area (Å²) in [4.78, 5) is 56.8. The van der Waals surface area contributed by atoms with E-state index in [2.05, 4.69) is 29.8 Å². The van der Waals surface area contributed by atoms with Crippen LogP contribution in [0.3, 0.4) is 0 Å². The van der Waals surface area contributed by atoms with E-state index in [1.165, 1.54) is 0 Å². The SMILES string of the molecule is CCCC(NC(=O)[C@@H]1CC2(CN1C(=O)[C@@H](NC(=O)[C@@H](N)C1CCCCC1)C(C)(C)C)C(C)(C)C21CCC1)C(O)C(=O)NC1CC1. The smallest absolute Gasteiger partial charge is 0.251 e. The number of rotatable bonds is 11. The molecule has 6 atom stereocenters. The Balaban J connectivity index is 1.38. The first-order valence-corrected chi connectivity index (χ1v) is 17.8. The Labute approximate surface area is 269 Å². The highest BCUT2D eigenvalue weighted by molar-refractivity contribution is 5.95. The zero-order valence-corrected chi connectivity index (χ0v) is 28.5. The number of amides is 4. The lowest BCUT2D eigenvalue weighted by atomic mass is 9.73. The third kappa shape index (κ3) is 6.03. The number of nitrogens with zero attached hydrogens (tertiary/aromatic N) is 1. The largest absolute Gasteiger partial charge is 0.381 e. The predicted octanol–water partition coefficient (Wildman–Crippen LogP) is 3.15. The third-order valence-corrected chi connectivity index (χ3v) is 12.8. The lowest BCUT2D eigenvalue weighted by Crippen LogP contribution is -2.61. The number of aliphatic hydroxyl groups is 1. The van der Waals surface area contributed by atoms with Crippen molar-refractivity contribution < 1.29 is 24.3 Å². The van der Waals surface area contributed by atoms with E-state index < -0.39 is 41.6 Å². The van der Waals surface area contributed by atoms with Gasteiger partial charge in [-0.2, -0.15) is 0 Å². The monoisotopic (exact) mass is 629 g/mol. The van der Waals surface area contributed by atoms with Crippen LogP contribution in [0.15, 0.2) is 0 Å². The summed E-state index contributed by atoms with van der Waals surface area (Å²) in [7, 11) is 0. The summed E-state index contributed by atoms with van der Waals surface area (Å²) >= 11 is 0. The number of nitrogens with one attached hydrogen (secondary N) is 3. The Morgan fingerprint density at radius 1 is 0.933 bits per heavy atom. The summed E-state index contributed by atoms with van der Waals surface area (Å²) < 4.78 is 0. The van der Waals surface area contributed by atoms with Crippen LogP contribution in [0.4, 0.5) is 0 Å². The van der Waals surface area contributed by atoms with Crippen LogP contribution in [-0.2, 0) is 19.2 Å².